The van der Waals surface area contributed by atoms with Gasteiger partial charge in [0.15, 0.2) is 0 Å². The van der Waals surface area contributed by atoms with E-state index in [1.54, 1.807) is 18.2 Å². The molecule has 0 unspecified atom stereocenters. The number of furan rings is 1. The Balaban J connectivity index is 1.35. The number of ether oxygens (including phenoxy) is 1. The molecule has 0 saturated carbocycles. The number of morpholine rings is 1. The third-order valence-electron chi connectivity index (χ3n) is 5.15. The van der Waals surface area contributed by atoms with Crippen LogP contribution in [0.3, 0.4) is 0 Å². The van der Waals surface area contributed by atoms with Crippen molar-refractivity contribution < 1.29 is 9.15 Å². The molecule has 0 bridgehead atoms. The van der Waals surface area contributed by atoms with Crippen LogP contribution in [0.25, 0.3) is 11.3 Å². The second-order valence-electron chi connectivity index (χ2n) is 7.55. The Morgan fingerprint density at radius 3 is 2.51 bits per heavy atom. The van der Waals surface area contributed by atoms with Gasteiger partial charge in [0.25, 0.3) is 0 Å². The Bertz CT molecular complexity index is 1320. The molecule has 35 heavy (non-hydrogen) atoms. The molecule has 9 nitrogen and oxygen atoms in total. The zero-order valence-corrected chi connectivity index (χ0v) is 20.0. The van der Waals surface area contributed by atoms with E-state index in [1.165, 1.54) is 6.21 Å². The minimum atomic E-state index is 0.292. The highest BCUT2D eigenvalue weighted by Crippen LogP contribution is 2.34. The number of hydrazone groups is 1. The van der Waals surface area contributed by atoms with E-state index >= 15 is 0 Å². The highest BCUT2D eigenvalue weighted by atomic mass is 35.5. The standard InChI is InChI=1S/C24H21Cl2N7O2/c25-19-8-4-7-18(21(19)26)20-10-9-17(35-20)15-27-32-23-29-22(28-16-5-2-1-3-6-16)30-24(31-23)33-11-13-34-14-12-33/h1-10,15H,11-14H2,(H2,28,29,30,31,32). The Hall–Kier alpha value is -3.66. The number of aromatic nitrogens is 3. The molecule has 1 aliphatic rings. The van der Waals surface area contributed by atoms with Crippen LogP contribution in [0.15, 0.2) is 70.2 Å². The summed E-state index contributed by atoms with van der Waals surface area (Å²) in [6, 6.07) is 18.7. The van der Waals surface area contributed by atoms with Crippen molar-refractivity contribution >= 4 is 52.9 Å². The summed E-state index contributed by atoms with van der Waals surface area (Å²) in [5, 5.41) is 8.35. The first-order chi connectivity index (χ1) is 17.2. The van der Waals surface area contributed by atoms with Crippen molar-refractivity contribution in [2.45, 2.75) is 0 Å². The molecule has 1 fully saturated rings. The third-order valence-corrected chi connectivity index (χ3v) is 5.97. The molecular formula is C24H21Cl2N7O2. The molecule has 0 spiro atoms. The van der Waals surface area contributed by atoms with Gasteiger partial charge in [0.05, 0.1) is 29.5 Å². The van der Waals surface area contributed by atoms with E-state index < -0.39 is 0 Å². The van der Waals surface area contributed by atoms with Gasteiger partial charge in [-0.2, -0.15) is 20.1 Å². The Kier molecular flexibility index (Phi) is 7.08. The van der Waals surface area contributed by atoms with Crippen molar-refractivity contribution in [3.05, 3.63) is 76.5 Å². The smallest absolute Gasteiger partial charge is 0.250 e. The lowest BCUT2D eigenvalue weighted by Gasteiger charge is -2.27. The van der Waals surface area contributed by atoms with Gasteiger partial charge in [-0.3, -0.25) is 0 Å². The number of para-hydroxylation sites is 1. The van der Waals surface area contributed by atoms with Gasteiger partial charge in [0.1, 0.15) is 11.5 Å². The normalized spacial score (nSPS) is 13.8. The molecule has 5 rings (SSSR count). The maximum atomic E-state index is 6.29. The molecule has 2 aromatic carbocycles. The first-order valence-electron chi connectivity index (χ1n) is 10.9. The van der Waals surface area contributed by atoms with Gasteiger partial charge in [0, 0.05) is 24.3 Å². The summed E-state index contributed by atoms with van der Waals surface area (Å²) < 4.78 is 11.3. The molecule has 11 heteroatoms. The van der Waals surface area contributed by atoms with Crippen LogP contribution in [-0.2, 0) is 4.74 Å². The SMILES string of the molecule is Clc1cccc(-c2ccc(C=NNc3nc(Nc4ccccc4)nc(N4CCOCC4)n3)o2)c1Cl. The fourth-order valence-corrected chi connectivity index (χ4v) is 3.83. The summed E-state index contributed by atoms with van der Waals surface area (Å²) in [6.45, 7) is 2.62. The Morgan fingerprint density at radius 1 is 0.886 bits per heavy atom. The molecule has 0 aliphatic carbocycles. The summed E-state index contributed by atoms with van der Waals surface area (Å²) in [5.74, 6) is 2.34. The number of anilines is 4. The summed E-state index contributed by atoms with van der Waals surface area (Å²) in [6.07, 6.45) is 1.53. The van der Waals surface area contributed by atoms with Crippen molar-refractivity contribution in [3.8, 4) is 11.3 Å². The molecule has 3 heterocycles. The summed E-state index contributed by atoms with van der Waals surface area (Å²) in [7, 11) is 0. The highest BCUT2D eigenvalue weighted by Gasteiger charge is 2.17. The van der Waals surface area contributed by atoms with Crippen molar-refractivity contribution in [1.82, 2.24) is 15.0 Å². The predicted octanol–water partition coefficient (Wildman–Crippen LogP) is 5.46. The van der Waals surface area contributed by atoms with Gasteiger partial charge in [-0.25, -0.2) is 5.43 Å². The Morgan fingerprint density at radius 2 is 1.69 bits per heavy atom. The number of nitrogens with zero attached hydrogens (tertiary/aromatic N) is 5. The zero-order chi connectivity index (χ0) is 24.0. The summed E-state index contributed by atoms with van der Waals surface area (Å²) in [5.41, 5.74) is 4.44. The van der Waals surface area contributed by atoms with Crippen LogP contribution in [-0.4, -0.2) is 47.5 Å². The lowest BCUT2D eigenvalue weighted by molar-refractivity contribution is 0.122. The van der Waals surface area contributed by atoms with Crippen LogP contribution in [0.2, 0.25) is 10.0 Å². The number of nitrogens with one attached hydrogen (secondary N) is 2. The van der Waals surface area contributed by atoms with E-state index in [9.17, 15) is 0 Å². The molecule has 0 amide bonds. The molecule has 1 saturated heterocycles. The number of benzene rings is 2. The van der Waals surface area contributed by atoms with Crippen LogP contribution >= 0.6 is 23.2 Å². The van der Waals surface area contributed by atoms with Gasteiger partial charge in [-0.15, -0.1) is 0 Å². The van der Waals surface area contributed by atoms with E-state index in [2.05, 4.69) is 30.8 Å². The van der Waals surface area contributed by atoms with Crippen molar-refractivity contribution in [3.63, 3.8) is 0 Å². The van der Waals surface area contributed by atoms with Gasteiger partial charge in [-0.1, -0.05) is 47.5 Å². The molecule has 2 aromatic heterocycles. The number of halogens is 2. The molecular weight excluding hydrogens is 489 g/mol. The van der Waals surface area contributed by atoms with Crippen LogP contribution < -0.4 is 15.6 Å². The first-order valence-corrected chi connectivity index (χ1v) is 11.7. The largest absolute Gasteiger partial charge is 0.455 e. The average Bonchev–Trinajstić information content (AvgIpc) is 3.35. The molecule has 1 aliphatic heterocycles. The van der Waals surface area contributed by atoms with Crippen LogP contribution in [0.1, 0.15) is 5.76 Å². The minimum absolute atomic E-state index is 0.292. The fraction of sp³-hybridized carbons (Fsp3) is 0.167. The first kappa shape index (κ1) is 23.1. The maximum Gasteiger partial charge on any atom is 0.250 e. The van der Waals surface area contributed by atoms with Gasteiger partial charge < -0.3 is 19.4 Å². The maximum absolute atomic E-state index is 6.29. The lowest BCUT2D eigenvalue weighted by atomic mass is 10.2. The summed E-state index contributed by atoms with van der Waals surface area (Å²) in [4.78, 5) is 15.6. The van der Waals surface area contributed by atoms with E-state index in [0.29, 0.717) is 71.3 Å². The Labute approximate surface area is 211 Å². The molecule has 0 atom stereocenters. The van der Waals surface area contributed by atoms with Gasteiger partial charge in [-0.05, 0) is 36.4 Å². The predicted molar refractivity (Wildman–Crippen MR) is 138 cm³/mol. The van der Waals surface area contributed by atoms with Crippen molar-refractivity contribution in [1.29, 1.82) is 0 Å². The number of hydrogen-bond acceptors (Lipinski definition) is 9. The second kappa shape index (κ2) is 10.7. The molecule has 2 N–H and O–H groups in total. The van der Waals surface area contributed by atoms with Crippen LogP contribution in [0.5, 0.6) is 0 Å². The zero-order valence-electron chi connectivity index (χ0n) is 18.5. The van der Waals surface area contributed by atoms with Crippen LogP contribution in [0.4, 0.5) is 23.5 Å². The van der Waals surface area contributed by atoms with Crippen molar-refractivity contribution in [2.75, 3.05) is 41.9 Å². The monoisotopic (exact) mass is 509 g/mol. The molecule has 4 aromatic rings. The van der Waals surface area contributed by atoms with Crippen LogP contribution in [0, 0.1) is 0 Å². The highest BCUT2D eigenvalue weighted by molar-refractivity contribution is 6.43. The molecule has 0 radical (unpaired) electrons. The number of rotatable bonds is 7. The van der Waals surface area contributed by atoms with Crippen molar-refractivity contribution in [2.24, 2.45) is 5.10 Å². The quantitative estimate of drug-likeness (QED) is 0.250. The average molecular weight is 510 g/mol. The third kappa shape index (κ3) is 5.71. The van der Waals surface area contributed by atoms with Gasteiger partial charge in [0.2, 0.25) is 17.8 Å². The summed E-state index contributed by atoms with van der Waals surface area (Å²) >= 11 is 12.4. The topological polar surface area (TPSA) is 101 Å². The molecule has 178 valence electrons. The van der Waals surface area contributed by atoms with E-state index in [1.807, 2.05) is 47.4 Å². The van der Waals surface area contributed by atoms with Gasteiger partial charge >= 0.3 is 0 Å². The van der Waals surface area contributed by atoms with E-state index in [-0.39, 0.29) is 0 Å². The van der Waals surface area contributed by atoms with E-state index in [0.717, 1.165) is 5.69 Å². The fourth-order valence-electron chi connectivity index (χ4n) is 3.44. The van der Waals surface area contributed by atoms with E-state index in [4.69, 9.17) is 32.4 Å². The minimum Gasteiger partial charge on any atom is -0.455 e. The number of hydrogen-bond donors (Lipinski definition) is 2. The second-order valence-corrected chi connectivity index (χ2v) is 8.33. The lowest BCUT2D eigenvalue weighted by Crippen LogP contribution is -2.37.